The smallest absolute Gasteiger partial charge is 0.0640 e. The molecule has 0 aromatic heterocycles. The van der Waals surface area contributed by atoms with Crippen LogP contribution in [0.5, 0.6) is 0 Å². The molecule has 0 heterocycles. The van der Waals surface area contributed by atoms with E-state index < -0.39 is 0 Å². The first-order valence-corrected chi connectivity index (χ1v) is 4.98. The lowest BCUT2D eigenvalue weighted by atomic mass is 10.1. The van der Waals surface area contributed by atoms with E-state index in [0.717, 1.165) is 6.42 Å². The van der Waals surface area contributed by atoms with Gasteiger partial charge in [0.1, 0.15) is 0 Å². The molecule has 1 nitrogen and oxygen atoms in total. The molecule has 0 radical (unpaired) electrons. The highest BCUT2D eigenvalue weighted by Crippen LogP contribution is 2.12. The summed E-state index contributed by atoms with van der Waals surface area (Å²) in [7, 11) is 0. The summed E-state index contributed by atoms with van der Waals surface area (Å²) in [4.78, 5) is 0.153. The van der Waals surface area contributed by atoms with Crippen molar-refractivity contribution in [3.05, 3.63) is 35.9 Å². The molecular formula is C10H13BrO. The Kier molecular flexibility index (Phi) is 3.76. The van der Waals surface area contributed by atoms with Gasteiger partial charge in [-0.1, -0.05) is 46.3 Å². The molecule has 0 saturated heterocycles. The Balaban J connectivity index is 2.53. The Labute approximate surface area is 81.6 Å². The van der Waals surface area contributed by atoms with Crippen molar-refractivity contribution in [3.63, 3.8) is 0 Å². The molecule has 12 heavy (non-hydrogen) atoms. The lowest BCUT2D eigenvalue weighted by molar-refractivity contribution is 0.193. The number of rotatable bonds is 3. The van der Waals surface area contributed by atoms with E-state index in [0.29, 0.717) is 0 Å². The van der Waals surface area contributed by atoms with E-state index >= 15 is 0 Å². The van der Waals surface area contributed by atoms with Crippen LogP contribution >= 0.6 is 15.9 Å². The van der Waals surface area contributed by atoms with E-state index in [1.807, 2.05) is 18.2 Å². The lowest BCUT2D eigenvalue weighted by Gasteiger charge is -2.12. The van der Waals surface area contributed by atoms with Crippen LogP contribution in [0.4, 0.5) is 0 Å². The van der Waals surface area contributed by atoms with E-state index in [1.54, 1.807) is 6.92 Å². The Hall–Kier alpha value is -0.340. The maximum atomic E-state index is 9.24. The Bertz CT molecular complexity index is 221. The van der Waals surface area contributed by atoms with Crippen molar-refractivity contribution in [2.24, 2.45) is 0 Å². The van der Waals surface area contributed by atoms with Gasteiger partial charge >= 0.3 is 0 Å². The van der Waals surface area contributed by atoms with Gasteiger partial charge in [0, 0.05) is 4.83 Å². The molecule has 1 aromatic rings. The normalized spacial score (nSPS) is 15.6. The summed E-state index contributed by atoms with van der Waals surface area (Å²) >= 11 is 3.43. The molecular weight excluding hydrogens is 216 g/mol. The van der Waals surface area contributed by atoms with Gasteiger partial charge in [0.25, 0.3) is 0 Å². The molecule has 66 valence electrons. The zero-order chi connectivity index (χ0) is 8.97. The van der Waals surface area contributed by atoms with Crippen molar-refractivity contribution in [3.8, 4) is 0 Å². The minimum absolute atomic E-state index is 0.153. The zero-order valence-electron chi connectivity index (χ0n) is 7.07. The minimum Gasteiger partial charge on any atom is -0.392 e. The molecule has 0 unspecified atom stereocenters. The van der Waals surface area contributed by atoms with Crippen molar-refractivity contribution < 1.29 is 5.11 Å². The summed E-state index contributed by atoms with van der Waals surface area (Å²) in [5.41, 5.74) is 1.25. The fourth-order valence-electron chi connectivity index (χ4n) is 1.01. The summed E-state index contributed by atoms with van der Waals surface area (Å²) in [6.45, 7) is 1.79. The number of aliphatic hydroxyl groups is 1. The largest absolute Gasteiger partial charge is 0.392 e. The maximum absolute atomic E-state index is 9.24. The molecule has 0 aliphatic carbocycles. The van der Waals surface area contributed by atoms with Gasteiger partial charge in [-0.15, -0.1) is 0 Å². The van der Waals surface area contributed by atoms with E-state index in [4.69, 9.17) is 0 Å². The van der Waals surface area contributed by atoms with Crippen molar-refractivity contribution >= 4 is 15.9 Å². The summed E-state index contributed by atoms with van der Waals surface area (Å²) in [5.74, 6) is 0. The van der Waals surface area contributed by atoms with Crippen LogP contribution in [-0.4, -0.2) is 16.0 Å². The first kappa shape index (κ1) is 9.75. The minimum atomic E-state index is -0.301. The van der Waals surface area contributed by atoms with Gasteiger partial charge in [-0.25, -0.2) is 0 Å². The molecule has 1 N–H and O–H groups in total. The standard InChI is InChI=1S/C10H13BrO/c1-8(12)10(11)7-9-5-3-2-4-6-9/h2-6,8,10,12H,7H2,1H3/t8-,10-/m0/s1. The first-order chi connectivity index (χ1) is 5.70. The Morgan fingerprint density at radius 3 is 2.42 bits per heavy atom. The second-order valence-corrected chi connectivity index (χ2v) is 4.12. The van der Waals surface area contributed by atoms with Gasteiger partial charge < -0.3 is 5.11 Å². The number of hydrogen-bond donors (Lipinski definition) is 1. The summed E-state index contributed by atoms with van der Waals surface area (Å²) in [6, 6.07) is 10.1. The van der Waals surface area contributed by atoms with E-state index in [9.17, 15) is 5.11 Å². The van der Waals surface area contributed by atoms with E-state index in [1.165, 1.54) is 5.56 Å². The van der Waals surface area contributed by atoms with Gasteiger partial charge in [-0.3, -0.25) is 0 Å². The summed E-state index contributed by atoms with van der Waals surface area (Å²) in [5, 5.41) is 9.24. The van der Waals surface area contributed by atoms with Gasteiger partial charge in [-0.2, -0.15) is 0 Å². The Morgan fingerprint density at radius 2 is 1.92 bits per heavy atom. The molecule has 0 fully saturated rings. The monoisotopic (exact) mass is 228 g/mol. The van der Waals surface area contributed by atoms with Gasteiger partial charge in [0.15, 0.2) is 0 Å². The van der Waals surface area contributed by atoms with Crippen molar-refractivity contribution in [2.45, 2.75) is 24.3 Å². The highest BCUT2D eigenvalue weighted by molar-refractivity contribution is 9.09. The van der Waals surface area contributed by atoms with Crippen molar-refractivity contribution in [1.82, 2.24) is 0 Å². The number of benzene rings is 1. The van der Waals surface area contributed by atoms with Crippen LogP contribution in [0.1, 0.15) is 12.5 Å². The van der Waals surface area contributed by atoms with Gasteiger partial charge in [0.05, 0.1) is 6.10 Å². The third kappa shape index (κ3) is 2.95. The molecule has 0 aliphatic rings. The van der Waals surface area contributed by atoms with Crippen molar-refractivity contribution in [1.29, 1.82) is 0 Å². The van der Waals surface area contributed by atoms with Gasteiger partial charge in [0.2, 0.25) is 0 Å². The van der Waals surface area contributed by atoms with Crippen LogP contribution in [0, 0.1) is 0 Å². The molecule has 1 rings (SSSR count). The zero-order valence-corrected chi connectivity index (χ0v) is 8.66. The first-order valence-electron chi connectivity index (χ1n) is 4.06. The molecule has 0 amide bonds. The Morgan fingerprint density at radius 1 is 1.33 bits per heavy atom. The van der Waals surface area contributed by atoms with Crippen LogP contribution in [0.25, 0.3) is 0 Å². The quantitative estimate of drug-likeness (QED) is 0.789. The summed E-state index contributed by atoms with van der Waals surface area (Å²) < 4.78 is 0. The predicted molar refractivity (Wildman–Crippen MR) is 54.5 cm³/mol. The summed E-state index contributed by atoms with van der Waals surface area (Å²) in [6.07, 6.45) is 0.573. The van der Waals surface area contributed by atoms with Crippen LogP contribution < -0.4 is 0 Å². The topological polar surface area (TPSA) is 20.2 Å². The van der Waals surface area contributed by atoms with Crippen LogP contribution in [0.3, 0.4) is 0 Å². The van der Waals surface area contributed by atoms with Crippen LogP contribution in [0.2, 0.25) is 0 Å². The molecule has 0 aliphatic heterocycles. The lowest BCUT2D eigenvalue weighted by Crippen LogP contribution is -2.18. The number of alkyl halides is 1. The molecule has 0 spiro atoms. The van der Waals surface area contributed by atoms with Crippen LogP contribution in [-0.2, 0) is 6.42 Å². The third-order valence-corrected chi connectivity index (χ3v) is 2.89. The average Bonchev–Trinajstić information content (AvgIpc) is 2.06. The van der Waals surface area contributed by atoms with Crippen LogP contribution in [0.15, 0.2) is 30.3 Å². The second-order valence-electron chi connectivity index (χ2n) is 2.95. The highest BCUT2D eigenvalue weighted by atomic mass is 79.9. The average molecular weight is 229 g/mol. The third-order valence-electron chi connectivity index (χ3n) is 1.80. The molecule has 2 heteroatoms. The van der Waals surface area contributed by atoms with E-state index in [-0.39, 0.29) is 10.9 Å². The second kappa shape index (κ2) is 4.63. The molecule has 0 saturated carbocycles. The molecule has 0 bridgehead atoms. The number of halogens is 1. The molecule has 2 atom stereocenters. The van der Waals surface area contributed by atoms with Gasteiger partial charge in [-0.05, 0) is 18.9 Å². The van der Waals surface area contributed by atoms with Crippen molar-refractivity contribution in [2.75, 3.05) is 0 Å². The highest BCUT2D eigenvalue weighted by Gasteiger charge is 2.10. The molecule has 1 aromatic carbocycles. The fraction of sp³-hybridized carbons (Fsp3) is 0.400. The SMILES string of the molecule is C[C@H](O)[C@@H](Br)Cc1ccccc1. The fourth-order valence-corrected chi connectivity index (χ4v) is 1.38. The maximum Gasteiger partial charge on any atom is 0.0640 e. The number of aliphatic hydroxyl groups excluding tert-OH is 1. The number of hydrogen-bond acceptors (Lipinski definition) is 1. The van der Waals surface area contributed by atoms with E-state index in [2.05, 4.69) is 28.1 Å². The predicted octanol–water partition coefficient (Wildman–Crippen LogP) is 2.37.